The Hall–Kier alpha value is -2.87. The van der Waals surface area contributed by atoms with Crippen LogP contribution in [0.4, 0.5) is 0 Å². The van der Waals surface area contributed by atoms with E-state index in [1.807, 2.05) is 6.92 Å². The third kappa shape index (κ3) is 4.57. The summed E-state index contributed by atoms with van der Waals surface area (Å²) in [6, 6.07) is 7.87. The van der Waals surface area contributed by atoms with Crippen molar-refractivity contribution in [1.29, 1.82) is 0 Å². The van der Waals surface area contributed by atoms with Gasteiger partial charge in [0.25, 0.3) is 5.91 Å². The van der Waals surface area contributed by atoms with E-state index < -0.39 is 11.9 Å². The highest BCUT2D eigenvalue weighted by Crippen LogP contribution is 2.28. The maximum absolute atomic E-state index is 12.2. The van der Waals surface area contributed by atoms with Gasteiger partial charge in [-0.25, -0.2) is 5.43 Å². The Kier molecular flexibility index (Phi) is 6.13. The average Bonchev–Trinajstić information content (AvgIpc) is 3.10. The number of hydrogen-bond acceptors (Lipinski definition) is 7. The van der Waals surface area contributed by atoms with Gasteiger partial charge < -0.3 is 19.4 Å². The monoisotopic (exact) mass is 361 g/mol. The molecule has 0 bridgehead atoms. The minimum absolute atomic E-state index is 0.104. The van der Waals surface area contributed by atoms with Crippen LogP contribution in [-0.4, -0.2) is 31.3 Å². The molecule has 1 N–H and O–H groups in total. The Morgan fingerprint density at radius 2 is 1.92 bits per heavy atom. The van der Waals surface area contributed by atoms with Gasteiger partial charge in [-0.1, -0.05) is 0 Å². The largest absolute Gasteiger partial charge is 0.544 e. The number of nitrogens with one attached hydrogen (secondary N) is 1. The van der Waals surface area contributed by atoms with Crippen LogP contribution in [0.5, 0.6) is 11.5 Å². The molecule has 1 aromatic heterocycles. The van der Waals surface area contributed by atoms with Gasteiger partial charge in [-0.3, -0.25) is 4.79 Å². The van der Waals surface area contributed by atoms with E-state index in [4.69, 9.17) is 9.47 Å². The SMILES string of the molecule is CCOc1ccc(C(=O)N/N=C(/C)c2ccc(C(=O)[O-])s2)cc1OC. The summed E-state index contributed by atoms with van der Waals surface area (Å²) in [5.41, 5.74) is 3.28. The summed E-state index contributed by atoms with van der Waals surface area (Å²) in [6.45, 7) is 4.01. The number of carbonyl (C=O) groups is 2. The molecule has 0 radical (unpaired) electrons. The van der Waals surface area contributed by atoms with Crippen molar-refractivity contribution in [3.05, 3.63) is 45.6 Å². The number of rotatable bonds is 7. The van der Waals surface area contributed by atoms with E-state index >= 15 is 0 Å². The van der Waals surface area contributed by atoms with Crippen LogP contribution in [-0.2, 0) is 0 Å². The predicted octanol–water partition coefficient (Wildman–Crippen LogP) is 1.67. The van der Waals surface area contributed by atoms with Crippen LogP contribution in [0.1, 0.15) is 38.8 Å². The van der Waals surface area contributed by atoms with Gasteiger partial charge in [0.15, 0.2) is 11.5 Å². The molecule has 0 aliphatic rings. The van der Waals surface area contributed by atoms with Crippen molar-refractivity contribution in [2.45, 2.75) is 13.8 Å². The summed E-state index contributed by atoms with van der Waals surface area (Å²) in [5.74, 6) is -0.659. The fraction of sp³-hybridized carbons (Fsp3) is 0.235. The number of nitrogens with zero attached hydrogens (tertiary/aromatic N) is 1. The number of benzene rings is 1. The second kappa shape index (κ2) is 8.29. The highest BCUT2D eigenvalue weighted by Gasteiger charge is 2.11. The lowest BCUT2D eigenvalue weighted by Crippen LogP contribution is -2.20. The van der Waals surface area contributed by atoms with Crippen molar-refractivity contribution in [2.24, 2.45) is 5.10 Å². The maximum Gasteiger partial charge on any atom is 0.271 e. The standard InChI is InChI=1S/C17H18N2O5S/c1-4-24-12-6-5-11(9-13(12)23-3)16(20)19-18-10(2)14-7-8-15(25-14)17(21)22/h5-9H,4H2,1-3H3,(H,19,20)(H,21,22)/p-1/b18-10-. The van der Waals surface area contributed by atoms with E-state index in [1.54, 1.807) is 31.2 Å². The van der Waals surface area contributed by atoms with Crippen LogP contribution < -0.4 is 20.0 Å². The molecule has 0 spiro atoms. The Balaban J connectivity index is 2.11. The third-order valence-electron chi connectivity index (χ3n) is 3.21. The molecule has 8 heteroatoms. The summed E-state index contributed by atoms with van der Waals surface area (Å²) in [7, 11) is 1.49. The van der Waals surface area contributed by atoms with Gasteiger partial charge in [-0.2, -0.15) is 5.10 Å². The Labute approximate surface area is 148 Å². The fourth-order valence-corrected chi connectivity index (χ4v) is 2.77. The van der Waals surface area contributed by atoms with Gasteiger partial charge >= 0.3 is 0 Å². The van der Waals surface area contributed by atoms with Crippen molar-refractivity contribution >= 4 is 28.9 Å². The molecular formula is C17H17N2O5S-. The van der Waals surface area contributed by atoms with E-state index in [2.05, 4.69) is 10.5 Å². The molecule has 2 aromatic rings. The number of amides is 1. The highest BCUT2D eigenvalue weighted by molar-refractivity contribution is 7.15. The first-order chi connectivity index (χ1) is 12.0. The molecule has 0 atom stereocenters. The number of carboxylic acids is 1. The number of ether oxygens (including phenoxy) is 2. The van der Waals surface area contributed by atoms with Gasteiger partial charge in [-0.15, -0.1) is 11.3 Å². The Morgan fingerprint density at radius 1 is 1.20 bits per heavy atom. The lowest BCUT2D eigenvalue weighted by Gasteiger charge is -2.10. The van der Waals surface area contributed by atoms with E-state index in [0.717, 1.165) is 11.3 Å². The topological polar surface area (TPSA) is 100 Å². The number of carbonyl (C=O) groups excluding carboxylic acids is 2. The van der Waals surface area contributed by atoms with Crippen LogP contribution in [0.3, 0.4) is 0 Å². The number of carboxylic acid groups (broad SMARTS) is 1. The van der Waals surface area contributed by atoms with Crippen molar-refractivity contribution in [3.63, 3.8) is 0 Å². The molecule has 25 heavy (non-hydrogen) atoms. The molecular weight excluding hydrogens is 344 g/mol. The normalized spacial score (nSPS) is 11.1. The molecule has 2 rings (SSSR count). The van der Waals surface area contributed by atoms with Gasteiger partial charge in [-0.05, 0) is 44.2 Å². The molecule has 0 saturated heterocycles. The quantitative estimate of drug-likeness (QED) is 0.597. The predicted molar refractivity (Wildman–Crippen MR) is 92.5 cm³/mol. The summed E-state index contributed by atoms with van der Waals surface area (Å²) >= 11 is 1.03. The zero-order valence-corrected chi connectivity index (χ0v) is 14.8. The van der Waals surface area contributed by atoms with E-state index in [0.29, 0.717) is 34.3 Å². The second-order valence-corrected chi connectivity index (χ2v) is 5.97. The first-order valence-electron chi connectivity index (χ1n) is 7.43. The van der Waals surface area contributed by atoms with Crippen LogP contribution in [0, 0.1) is 0 Å². The van der Waals surface area contributed by atoms with Gasteiger partial charge in [0, 0.05) is 5.56 Å². The molecule has 0 aliphatic carbocycles. The molecule has 1 aromatic carbocycles. The first kappa shape index (κ1) is 18.5. The molecule has 0 saturated carbocycles. The number of hydrogen-bond donors (Lipinski definition) is 1. The fourth-order valence-electron chi connectivity index (χ4n) is 1.98. The summed E-state index contributed by atoms with van der Waals surface area (Å²) in [4.78, 5) is 23.7. The zero-order chi connectivity index (χ0) is 18.4. The van der Waals surface area contributed by atoms with E-state index in [1.165, 1.54) is 13.2 Å². The summed E-state index contributed by atoms with van der Waals surface area (Å²) in [5, 5.41) is 14.8. The first-order valence-corrected chi connectivity index (χ1v) is 8.25. The Morgan fingerprint density at radius 3 is 2.52 bits per heavy atom. The molecule has 0 unspecified atom stereocenters. The van der Waals surface area contributed by atoms with Crippen molar-refractivity contribution in [3.8, 4) is 11.5 Å². The molecule has 7 nitrogen and oxygen atoms in total. The maximum atomic E-state index is 12.2. The van der Waals surface area contributed by atoms with Gasteiger partial charge in [0.1, 0.15) is 0 Å². The summed E-state index contributed by atoms with van der Waals surface area (Å²) in [6.07, 6.45) is 0. The van der Waals surface area contributed by atoms with Crippen molar-refractivity contribution in [2.75, 3.05) is 13.7 Å². The minimum Gasteiger partial charge on any atom is -0.544 e. The lowest BCUT2D eigenvalue weighted by molar-refractivity contribution is -0.254. The van der Waals surface area contributed by atoms with E-state index in [-0.39, 0.29) is 4.88 Å². The number of thiophene rings is 1. The van der Waals surface area contributed by atoms with Gasteiger partial charge in [0.2, 0.25) is 0 Å². The lowest BCUT2D eigenvalue weighted by atomic mass is 10.2. The highest BCUT2D eigenvalue weighted by atomic mass is 32.1. The molecule has 1 heterocycles. The smallest absolute Gasteiger partial charge is 0.271 e. The van der Waals surface area contributed by atoms with Crippen LogP contribution in [0.15, 0.2) is 35.4 Å². The number of hydrazone groups is 1. The molecule has 132 valence electrons. The molecule has 0 fully saturated rings. The third-order valence-corrected chi connectivity index (χ3v) is 4.39. The zero-order valence-electron chi connectivity index (χ0n) is 14.0. The van der Waals surface area contributed by atoms with Gasteiger partial charge in [0.05, 0.1) is 35.2 Å². The molecule has 1 amide bonds. The Bertz CT molecular complexity index is 813. The van der Waals surface area contributed by atoms with Crippen molar-refractivity contribution < 1.29 is 24.2 Å². The number of aromatic carboxylic acids is 1. The van der Waals surface area contributed by atoms with E-state index in [9.17, 15) is 14.7 Å². The van der Waals surface area contributed by atoms with Crippen LogP contribution in [0.25, 0.3) is 0 Å². The molecule has 0 aliphatic heterocycles. The second-order valence-electron chi connectivity index (χ2n) is 4.89. The number of methoxy groups -OCH3 is 1. The van der Waals surface area contributed by atoms with Crippen LogP contribution >= 0.6 is 11.3 Å². The van der Waals surface area contributed by atoms with Crippen LogP contribution in [0.2, 0.25) is 0 Å². The summed E-state index contributed by atoms with van der Waals surface area (Å²) < 4.78 is 10.6. The minimum atomic E-state index is -1.24. The van der Waals surface area contributed by atoms with Crippen molar-refractivity contribution in [1.82, 2.24) is 5.43 Å². The average molecular weight is 361 g/mol.